The van der Waals surface area contributed by atoms with Crippen LogP contribution in [0, 0.1) is 6.92 Å². The third kappa shape index (κ3) is 4.75. The molecule has 2 heterocycles. The van der Waals surface area contributed by atoms with Gasteiger partial charge in [0.25, 0.3) is 5.91 Å². The summed E-state index contributed by atoms with van der Waals surface area (Å²) in [7, 11) is 0. The third-order valence-corrected chi connectivity index (χ3v) is 6.70. The SMILES string of the molecule is Cc1ccccc1-n1nnnc1SCC(=O)NNC(=O)c1ccc2c(c1)NC(=O)C(C)S2. The summed E-state index contributed by atoms with van der Waals surface area (Å²) in [5.41, 5.74) is 7.47. The average molecular weight is 470 g/mol. The van der Waals surface area contributed by atoms with Crippen molar-refractivity contribution in [2.45, 2.75) is 29.1 Å². The highest BCUT2D eigenvalue weighted by atomic mass is 32.2. The minimum atomic E-state index is -0.492. The number of hydrogen-bond donors (Lipinski definition) is 3. The second-order valence-electron chi connectivity index (χ2n) is 6.91. The van der Waals surface area contributed by atoms with Crippen molar-refractivity contribution in [1.82, 2.24) is 31.1 Å². The lowest BCUT2D eigenvalue weighted by molar-refractivity contribution is -0.119. The van der Waals surface area contributed by atoms with Crippen molar-refractivity contribution in [3.63, 3.8) is 0 Å². The maximum atomic E-state index is 12.4. The van der Waals surface area contributed by atoms with E-state index in [-0.39, 0.29) is 16.9 Å². The summed E-state index contributed by atoms with van der Waals surface area (Å²) in [5, 5.41) is 14.7. The van der Waals surface area contributed by atoms with Crippen molar-refractivity contribution in [3.05, 3.63) is 53.6 Å². The summed E-state index contributed by atoms with van der Waals surface area (Å²) in [4.78, 5) is 37.4. The second kappa shape index (κ2) is 9.40. The number of carbonyl (C=O) groups excluding carboxylic acids is 3. The molecule has 164 valence electrons. The Bertz CT molecular complexity index is 1200. The van der Waals surface area contributed by atoms with Gasteiger partial charge in [0.15, 0.2) is 0 Å². The van der Waals surface area contributed by atoms with Crippen LogP contribution in [0.15, 0.2) is 52.5 Å². The zero-order valence-corrected chi connectivity index (χ0v) is 18.8. The van der Waals surface area contributed by atoms with Crippen molar-refractivity contribution in [2.24, 2.45) is 0 Å². The summed E-state index contributed by atoms with van der Waals surface area (Å²) in [5.74, 6) is -1.02. The molecule has 3 amide bonds. The van der Waals surface area contributed by atoms with Crippen LogP contribution in [0.3, 0.4) is 0 Å². The van der Waals surface area contributed by atoms with E-state index in [1.54, 1.807) is 22.9 Å². The predicted octanol–water partition coefficient (Wildman–Crippen LogP) is 1.96. The van der Waals surface area contributed by atoms with Gasteiger partial charge >= 0.3 is 0 Å². The first-order chi connectivity index (χ1) is 15.4. The molecular formula is C20H19N7O3S2. The monoisotopic (exact) mass is 469 g/mol. The van der Waals surface area contributed by atoms with Crippen LogP contribution in [0.4, 0.5) is 5.69 Å². The van der Waals surface area contributed by atoms with Crippen molar-refractivity contribution in [2.75, 3.05) is 11.1 Å². The Morgan fingerprint density at radius 2 is 2.03 bits per heavy atom. The van der Waals surface area contributed by atoms with Crippen LogP contribution in [0.1, 0.15) is 22.8 Å². The van der Waals surface area contributed by atoms with E-state index in [4.69, 9.17) is 0 Å². The lowest BCUT2D eigenvalue weighted by Gasteiger charge is -2.21. The third-order valence-electron chi connectivity index (χ3n) is 4.60. The number of carbonyl (C=O) groups is 3. The number of aromatic nitrogens is 4. The predicted molar refractivity (Wildman–Crippen MR) is 121 cm³/mol. The topological polar surface area (TPSA) is 131 Å². The summed E-state index contributed by atoms with van der Waals surface area (Å²) >= 11 is 2.57. The number of nitrogens with one attached hydrogen (secondary N) is 3. The minimum Gasteiger partial charge on any atom is -0.324 e. The molecule has 4 rings (SSSR count). The maximum Gasteiger partial charge on any atom is 0.269 e. The van der Waals surface area contributed by atoms with Gasteiger partial charge in [-0.15, -0.1) is 16.9 Å². The van der Waals surface area contributed by atoms with Gasteiger partial charge in [-0.25, -0.2) is 0 Å². The van der Waals surface area contributed by atoms with Gasteiger partial charge in [0.05, 0.1) is 22.4 Å². The van der Waals surface area contributed by atoms with Crippen LogP contribution in [0.2, 0.25) is 0 Å². The number of rotatable bonds is 5. The fourth-order valence-corrected chi connectivity index (χ4v) is 4.55. The Morgan fingerprint density at radius 3 is 2.84 bits per heavy atom. The molecular weight excluding hydrogens is 450 g/mol. The number of hydrogen-bond acceptors (Lipinski definition) is 8. The van der Waals surface area contributed by atoms with Crippen LogP contribution in [0.5, 0.6) is 0 Å². The van der Waals surface area contributed by atoms with Gasteiger partial charge in [-0.2, -0.15) is 4.68 Å². The average Bonchev–Trinajstić information content (AvgIpc) is 3.25. The van der Waals surface area contributed by atoms with Gasteiger partial charge in [-0.3, -0.25) is 25.2 Å². The van der Waals surface area contributed by atoms with Gasteiger partial charge in [-0.1, -0.05) is 30.0 Å². The number of benzene rings is 2. The molecule has 32 heavy (non-hydrogen) atoms. The molecule has 0 bridgehead atoms. The first-order valence-corrected chi connectivity index (χ1v) is 11.5. The molecule has 3 N–H and O–H groups in total. The molecule has 1 aliphatic heterocycles. The highest BCUT2D eigenvalue weighted by Gasteiger charge is 2.24. The number of amides is 3. The molecule has 0 spiro atoms. The van der Waals surface area contributed by atoms with Gasteiger partial charge in [-0.05, 0) is 54.1 Å². The number of hydrazine groups is 1. The standard InChI is InChI=1S/C20H19N7O3S2/c1-11-5-3-4-6-15(11)27-20(24-25-26-27)31-10-17(28)22-23-19(30)13-7-8-16-14(9-13)21-18(29)12(2)32-16/h3-9,12H,10H2,1-2H3,(H,21,29)(H,22,28)(H,23,30). The Labute approximate surface area is 191 Å². The van der Waals surface area contributed by atoms with Crippen LogP contribution < -0.4 is 16.2 Å². The molecule has 1 aliphatic rings. The summed E-state index contributed by atoms with van der Waals surface area (Å²) in [6.07, 6.45) is 0. The highest BCUT2D eigenvalue weighted by Crippen LogP contribution is 2.35. The largest absolute Gasteiger partial charge is 0.324 e. The van der Waals surface area contributed by atoms with E-state index in [0.717, 1.165) is 27.9 Å². The van der Waals surface area contributed by atoms with Gasteiger partial charge in [0.2, 0.25) is 17.0 Å². The zero-order valence-electron chi connectivity index (χ0n) is 17.2. The molecule has 1 atom stereocenters. The lowest BCUT2D eigenvalue weighted by atomic mass is 10.2. The molecule has 12 heteroatoms. The van der Waals surface area contributed by atoms with Gasteiger partial charge in [0, 0.05) is 10.5 Å². The fraction of sp³-hybridized carbons (Fsp3) is 0.200. The maximum absolute atomic E-state index is 12.4. The summed E-state index contributed by atoms with van der Waals surface area (Å²) in [6.45, 7) is 3.76. The molecule has 0 fully saturated rings. The number of thioether (sulfide) groups is 2. The van der Waals surface area contributed by atoms with E-state index in [0.29, 0.717) is 16.4 Å². The molecule has 2 aromatic carbocycles. The molecule has 0 saturated heterocycles. The van der Waals surface area contributed by atoms with E-state index in [1.807, 2.05) is 38.1 Å². The second-order valence-corrected chi connectivity index (χ2v) is 9.24. The number of nitrogens with zero attached hydrogens (tertiary/aromatic N) is 4. The number of tetrazole rings is 1. The number of para-hydroxylation sites is 1. The number of aryl methyl sites for hydroxylation is 1. The quantitative estimate of drug-likeness (QED) is 0.382. The van der Waals surface area contributed by atoms with Crippen molar-refractivity contribution in [1.29, 1.82) is 0 Å². The number of fused-ring (bicyclic) bond motifs is 1. The summed E-state index contributed by atoms with van der Waals surface area (Å²) in [6, 6.07) is 12.6. The first-order valence-electron chi connectivity index (χ1n) is 9.60. The molecule has 10 nitrogen and oxygen atoms in total. The molecule has 1 aromatic heterocycles. The molecule has 0 saturated carbocycles. The Hall–Kier alpha value is -3.38. The Balaban J connectivity index is 1.32. The smallest absolute Gasteiger partial charge is 0.269 e. The minimum absolute atomic E-state index is 0.00130. The normalized spacial score (nSPS) is 14.9. The van der Waals surface area contributed by atoms with E-state index in [9.17, 15) is 14.4 Å². The van der Waals surface area contributed by atoms with Crippen molar-refractivity contribution in [3.8, 4) is 5.69 Å². The van der Waals surface area contributed by atoms with E-state index in [2.05, 4.69) is 31.7 Å². The zero-order chi connectivity index (χ0) is 22.7. The molecule has 3 aromatic rings. The van der Waals surface area contributed by atoms with Crippen LogP contribution in [-0.4, -0.2) is 48.9 Å². The lowest BCUT2D eigenvalue weighted by Crippen LogP contribution is -2.42. The number of anilines is 1. The van der Waals surface area contributed by atoms with E-state index >= 15 is 0 Å². The summed E-state index contributed by atoms with van der Waals surface area (Å²) < 4.78 is 1.56. The van der Waals surface area contributed by atoms with Gasteiger partial charge < -0.3 is 5.32 Å². The van der Waals surface area contributed by atoms with Crippen LogP contribution in [0.25, 0.3) is 5.69 Å². The first kappa shape index (κ1) is 21.8. The molecule has 0 aliphatic carbocycles. The highest BCUT2D eigenvalue weighted by molar-refractivity contribution is 8.01. The van der Waals surface area contributed by atoms with E-state index < -0.39 is 11.8 Å². The fourth-order valence-electron chi connectivity index (χ4n) is 2.94. The van der Waals surface area contributed by atoms with Crippen molar-refractivity contribution < 1.29 is 14.4 Å². The Morgan fingerprint density at radius 1 is 1.22 bits per heavy atom. The Kier molecular flexibility index (Phi) is 6.42. The van der Waals surface area contributed by atoms with E-state index in [1.165, 1.54) is 11.8 Å². The molecule has 0 radical (unpaired) electrons. The van der Waals surface area contributed by atoms with Crippen LogP contribution in [-0.2, 0) is 9.59 Å². The van der Waals surface area contributed by atoms with Crippen molar-refractivity contribution >= 4 is 46.9 Å². The molecule has 1 unspecified atom stereocenters. The van der Waals surface area contributed by atoms with Crippen LogP contribution >= 0.6 is 23.5 Å². The van der Waals surface area contributed by atoms with Gasteiger partial charge in [0.1, 0.15) is 0 Å².